The van der Waals surface area contributed by atoms with Gasteiger partial charge in [0.2, 0.25) is 0 Å². The highest BCUT2D eigenvalue weighted by Crippen LogP contribution is 2.36. The molecule has 3 heteroatoms. The summed E-state index contributed by atoms with van der Waals surface area (Å²) >= 11 is 0. The molecule has 96 valence electrons. The molecule has 1 aliphatic heterocycles. The van der Waals surface area contributed by atoms with E-state index >= 15 is 0 Å². The summed E-state index contributed by atoms with van der Waals surface area (Å²) in [5.74, 6) is 1.55. The molecule has 1 saturated heterocycles. The maximum atomic E-state index is 6.19. The normalized spacial score (nSPS) is 28.2. The van der Waals surface area contributed by atoms with Crippen LogP contribution >= 0.6 is 0 Å². The fourth-order valence-corrected chi connectivity index (χ4v) is 3.39. The van der Waals surface area contributed by atoms with Gasteiger partial charge in [0.1, 0.15) is 0 Å². The Morgan fingerprint density at radius 1 is 1.11 bits per heavy atom. The Hall–Kier alpha value is -1.51. The van der Waals surface area contributed by atoms with E-state index in [-0.39, 0.29) is 0 Å². The molecule has 1 saturated carbocycles. The summed E-state index contributed by atoms with van der Waals surface area (Å²) in [5.41, 5.74) is 7.15. The van der Waals surface area contributed by atoms with E-state index in [2.05, 4.69) is 9.89 Å². The molecular weight excluding hydrogens is 222 g/mol. The minimum Gasteiger partial charge on any atom is -0.369 e. The lowest BCUT2D eigenvalue weighted by atomic mass is 9.85. The van der Waals surface area contributed by atoms with Gasteiger partial charge >= 0.3 is 0 Å². The van der Waals surface area contributed by atoms with E-state index in [1.165, 1.54) is 32.1 Å². The van der Waals surface area contributed by atoms with Crippen LogP contribution in [0.15, 0.2) is 35.3 Å². The molecule has 0 radical (unpaired) electrons. The molecule has 1 heterocycles. The summed E-state index contributed by atoms with van der Waals surface area (Å²) in [7, 11) is 0. The zero-order valence-electron chi connectivity index (χ0n) is 10.8. The largest absolute Gasteiger partial charge is 0.369 e. The monoisotopic (exact) mass is 243 g/mol. The van der Waals surface area contributed by atoms with Crippen molar-refractivity contribution in [1.82, 2.24) is 4.90 Å². The lowest BCUT2D eigenvalue weighted by Crippen LogP contribution is -2.43. The lowest BCUT2D eigenvalue weighted by Gasteiger charge is -2.32. The topological polar surface area (TPSA) is 41.6 Å². The fraction of sp³-hybridized carbons (Fsp3) is 0.533. The van der Waals surface area contributed by atoms with Crippen molar-refractivity contribution < 1.29 is 0 Å². The highest BCUT2D eigenvalue weighted by molar-refractivity contribution is 5.81. The predicted octanol–water partition coefficient (Wildman–Crippen LogP) is 2.90. The van der Waals surface area contributed by atoms with Crippen molar-refractivity contribution in [2.24, 2.45) is 16.6 Å². The highest BCUT2D eigenvalue weighted by atomic mass is 15.3. The van der Waals surface area contributed by atoms with Gasteiger partial charge in [-0.25, -0.2) is 4.99 Å². The van der Waals surface area contributed by atoms with Gasteiger partial charge in [-0.3, -0.25) is 0 Å². The Morgan fingerprint density at radius 3 is 2.72 bits per heavy atom. The van der Waals surface area contributed by atoms with Crippen molar-refractivity contribution in [2.75, 3.05) is 6.54 Å². The van der Waals surface area contributed by atoms with Gasteiger partial charge in [0, 0.05) is 12.6 Å². The molecule has 18 heavy (non-hydrogen) atoms. The van der Waals surface area contributed by atoms with Gasteiger partial charge in [-0.2, -0.15) is 0 Å². The second-order valence-corrected chi connectivity index (χ2v) is 5.40. The average Bonchev–Trinajstić information content (AvgIpc) is 2.84. The third-order valence-electron chi connectivity index (χ3n) is 4.30. The van der Waals surface area contributed by atoms with Crippen LogP contribution in [0.25, 0.3) is 0 Å². The number of likely N-dealkylation sites (tertiary alicyclic amines) is 1. The van der Waals surface area contributed by atoms with Crippen molar-refractivity contribution in [3.63, 3.8) is 0 Å². The first-order valence-corrected chi connectivity index (χ1v) is 7.00. The molecule has 0 amide bonds. The third-order valence-corrected chi connectivity index (χ3v) is 4.30. The van der Waals surface area contributed by atoms with Gasteiger partial charge in [0.25, 0.3) is 0 Å². The molecule has 0 bridgehead atoms. The van der Waals surface area contributed by atoms with Crippen LogP contribution in [0.2, 0.25) is 0 Å². The number of benzene rings is 1. The number of nitrogens with zero attached hydrogens (tertiary/aromatic N) is 2. The quantitative estimate of drug-likeness (QED) is 0.608. The minimum atomic E-state index is 0.645. The maximum absolute atomic E-state index is 6.19. The van der Waals surface area contributed by atoms with Gasteiger partial charge < -0.3 is 10.6 Å². The van der Waals surface area contributed by atoms with Gasteiger partial charge in [-0.1, -0.05) is 31.0 Å². The molecule has 1 aromatic carbocycles. The molecule has 3 nitrogen and oxygen atoms in total. The van der Waals surface area contributed by atoms with E-state index in [0.717, 1.165) is 18.2 Å². The zero-order valence-corrected chi connectivity index (χ0v) is 10.8. The molecule has 2 atom stereocenters. The standard InChI is InChI=1S/C15H21N3/c16-15(17-13-7-2-1-3-8-13)18-11-10-12-6-4-5-9-14(12)18/h1-3,7-8,12,14H,4-6,9-11H2,(H2,16,17). The molecule has 0 spiro atoms. The minimum absolute atomic E-state index is 0.645. The third kappa shape index (κ3) is 2.22. The second-order valence-electron chi connectivity index (χ2n) is 5.40. The van der Waals surface area contributed by atoms with Crippen LogP contribution in [0.3, 0.4) is 0 Å². The SMILES string of the molecule is NC(=Nc1ccccc1)N1CCC2CCCCC21. The van der Waals surface area contributed by atoms with Crippen molar-refractivity contribution in [1.29, 1.82) is 0 Å². The summed E-state index contributed by atoms with van der Waals surface area (Å²) in [6.45, 7) is 1.08. The number of nitrogens with two attached hydrogens (primary N) is 1. The van der Waals surface area contributed by atoms with Crippen LogP contribution < -0.4 is 5.73 Å². The Morgan fingerprint density at radius 2 is 1.89 bits per heavy atom. The van der Waals surface area contributed by atoms with E-state index in [4.69, 9.17) is 5.73 Å². The smallest absolute Gasteiger partial charge is 0.196 e. The van der Waals surface area contributed by atoms with Gasteiger partial charge in [0.05, 0.1) is 5.69 Å². The number of para-hydroxylation sites is 1. The first-order chi connectivity index (χ1) is 8.84. The lowest BCUT2D eigenvalue weighted by molar-refractivity contribution is 0.252. The molecule has 2 fully saturated rings. The zero-order chi connectivity index (χ0) is 12.4. The molecular formula is C15H21N3. The van der Waals surface area contributed by atoms with Crippen LogP contribution in [0.1, 0.15) is 32.1 Å². The van der Waals surface area contributed by atoms with Gasteiger partial charge in [-0.15, -0.1) is 0 Å². The molecule has 1 aromatic rings. The summed E-state index contributed by atoms with van der Waals surface area (Å²) < 4.78 is 0. The second kappa shape index (κ2) is 5.01. The maximum Gasteiger partial charge on any atom is 0.196 e. The van der Waals surface area contributed by atoms with Crippen molar-refractivity contribution >= 4 is 11.6 Å². The van der Waals surface area contributed by atoms with Crippen LogP contribution in [0.5, 0.6) is 0 Å². The number of hydrogen-bond donors (Lipinski definition) is 1. The van der Waals surface area contributed by atoms with Crippen LogP contribution in [-0.2, 0) is 0 Å². The van der Waals surface area contributed by atoms with Crippen molar-refractivity contribution in [3.05, 3.63) is 30.3 Å². The van der Waals surface area contributed by atoms with Gasteiger partial charge in [0.15, 0.2) is 5.96 Å². The first-order valence-electron chi connectivity index (χ1n) is 7.00. The van der Waals surface area contributed by atoms with Crippen molar-refractivity contribution in [3.8, 4) is 0 Å². The number of aliphatic imine (C=N–C) groups is 1. The van der Waals surface area contributed by atoms with E-state index < -0.39 is 0 Å². The Labute approximate surface area is 109 Å². The number of guanidine groups is 1. The molecule has 3 rings (SSSR count). The van der Waals surface area contributed by atoms with Crippen molar-refractivity contribution in [2.45, 2.75) is 38.1 Å². The summed E-state index contributed by atoms with van der Waals surface area (Å²) in [5, 5.41) is 0. The number of hydrogen-bond acceptors (Lipinski definition) is 1. The van der Waals surface area contributed by atoms with Gasteiger partial charge in [-0.05, 0) is 37.3 Å². The Bertz CT molecular complexity index is 427. The van der Waals surface area contributed by atoms with E-state index in [0.29, 0.717) is 12.0 Å². The molecule has 0 aromatic heterocycles. The predicted molar refractivity (Wildman–Crippen MR) is 74.8 cm³/mol. The number of rotatable bonds is 1. The fourth-order valence-electron chi connectivity index (χ4n) is 3.39. The molecule has 1 aliphatic carbocycles. The van der Waals surface area contributed by atoms with Crippen LogP contribution in [-0.4, -0.2) is 23.4 Å². The summed E-state index contributed by atoms with van der Waals surface area (Å²) in [6.07, 6.45) is 6.69. The van der Waals surface area contributed by atoms with E-state index in [1.807, 2.05) is 30.3 Å². The Kier molecular flexibility index (Phi) is 3.22. The molecule has 2 unspecified atom stereocenters. The highest BCUT2D eigenvalue weighted by Gasteiger charge is 2.36. The average molecular weight is 243 g/mol. The van der Waals surface area contributed by atoms with Crippen LogP contribution in [0, 0.1) is 5.92 Å². The summed E-state index contributed by atoms with van der Waals surface area (Å²) in [6, 6.07) is 10.6. The Balaban J connectivity index is 1.76. The van der Waals surface area contributed by atoms with E-state index in [9.17, 15) is 0 Å². The summed E-state index contributed by atoms with van der Waals surface area (Å²) in [4.78, 5) is 6.88. The first kappa shape index (κ1) is 11.6. The number of fused-ring (bicyclic) bond motifs is 1. The molecule has 2 N–H and O–H groups in total. The van der Waals surface area contributed by atoms with Crippen LogP contribution in [0.4, 0.5) is 5.69 Å². The molecule has 2 aliphatic rings. The van der Waals surface area contributed by atoms with E-state index in [1.54, 1.807) is 0 Å².